The minimum atomic E-state index is -3.58. The first-order valence-electron chi connectivity index (χ1n) is 10.7. The van der Waals surface area contributed by atoms with Crippen molar-refractivity contribution in [3.8, 4) is 0 Å². The molecule has 0 aliphatic carbocycles. The predicted molar refractivity (Wildman–Crippen MR) is 124 cm³/mol. The molecule has 0 atom stereocenters. The molecule has 0 radical (unpaired) electrons. The molecule has 32 heavy (non-hydrogen) atoms. The predicted octanol–water partition coefficient (Wildman–Crippen LogP) is 5.14. The van der Waals surface area contributed by atoms with Crippen molar-refractivity contribution in [1.29, 1.82) is 0 Å². The number of benzene rings is 3. The molecule has 1 amide bonds. The molecular formula is C25H26N2O4S. The molecule has 1 N–H and O–H groups in total. The molecule has 0 bridgehead atoms. The van der Waals surface area contributed by atoms with E-state index in [1.54, 1.807) is 12.1 Å². The van der Waals surface area contributed by atoms with Crippen molar-refractivity contribution in [3.63, 3.8) is 0 Å². The van der Waals surface area contributed by atoms with E-state index in [-0.39, 0.29) is 4.90 Å². The van der Waals surface area contributed by atoms with E-state index in [1.807, 2.05) is 60.7 Å². The van der Waals surface area contributed by atoms with Gasteiger partial charge in [-0.15, -0.1) is 0 Å². The summed E-state index contributed by atoms with van der Waals surface area (Å²) in [6, 6.07) is 24.4. The molecule has 0 aromatic heterocycles. The summed E-state index contributed by atoms with van der Waals surface area (Å²) in [6.45, 7) is 1.05. The van der Waals surface area contributed by atoms with Crippen LogP contribution in [0, 0.1) is 0 Å². The quantitative estimate of drug-likeness (QED) is 0.564. The molecule has 7 heteroatoms. The van der Waals surface area contributed by atoms with Crippen LogP contribution in [0.1, 0.15) is 36.4 Å². The summed E-state index contributed by atoms with van der Waals surface area (Å²) >= 11 is 0. The van der Waals surface area contributed by atoms with Gasteiger partial charge >= 0.3 is 6.09 Å². The Hall–Kier alpha value is -3.16. The maximum Gasteiger partial charge on any atom is 0.412 e. The summed E-state index contributed by atoms with van der Waals surface area (Å²) in [5, 5.41) is 10.2. The summed E-state index contributed by atoms with van der Waals surface area (Å²) in [7, 11) is -3.58. The Balaban J connectivity index is 1.72. The molecule has 6 nitrogen and oxygen atoms in total. The lowest BCUT2D eigenvalue weighted by atomic mass is 9.97. The zero-order valence-electron chi connectivity index (χ0n) is 17.7. The summed E-state index contributed by atoms with van der Waals surface area (Å²) in [6.07, 6.45) is 1.65. The smallest absolute Gasteiger partial charge is 0.412 e. The third-order valence-corrected chi connectivity index (χ3v) is 7.68. The highest BCUT2D eigenvalue weighted by Crippen LogP contribution is 2.34. The van der Waals surface area contributed by atoms with E-state index < -0.39 is 22.2 Å². The van der Waals surface area contributed by atoms with Crippen LogP contribution in [0.3, 0.4) is 0 Å². The lowest BCUT2D eigenvalue weighted by Gasteiger charge is -2.31. The standard InChI is InChI=1S/C25H26N2O4S/c28-25(29)27(24(20-10-4-1-5-11-20)21-12-6-2-7-13-21)22-14-16-23(17-15-22)32(30,31)26-18-8-3-9-19-26/h1-2,4-7,10-17,24H,3,8-9,18-19H2,(H,28,29). The fourth-order valence-electron chi connectivity index (χ4n) is 4.16. The van der Waals surface area contributed by atoms with Gasteiger partial charge in [0.15, 0.2) is 0 Å². The van der Waals surface area contributed by atoms with Crippen molar-refractivity contribution in [2.75, 3.05) is 18.0 Å². The van der Waals surface area contributed by atoms with Crippen molar-refractivity contribution in [2.24, 2.45) is 0 Å². The molecule has 0 unspecified atom stereocenters. The first-order chi connectivity index (χ1) is 15.5. The number of carboxylic acid groups (broad SMARTS) is 1. The van der Waals surface area contributed by atoms with Gasteiger partial charge in [0.1, 0.15) is 0 Å². The maximum absolute atomic E-state index is 13.0. The molecule has 0 spiro atoms. The molecule has 4 rings (SSSR count). The Bertz CT molecular complexity index is 1100. The third kappa shape index (κ3) is 4.54. The average molecular weight is 451 g/mol. The van der Waals surface area contributed by atoms with E-state index >= 15 is 0 Å². The second-order valence-electron chi connectivity index (χ2n) is 7.84. The van der Waals surface area contributed by atoms with E-state index in [0.717, 1.165) is 30.4 Å². The monoisotopic (exact) mass is 450 g/mol. The Labute approximate surface area is 188 Å². The molecular weight excluding hydrogens is 424 g/mol. The van der Waals surface area contributed by atoms with Gasteiger partial charge < -0.3 is 5.11 Å². The Kier molecular flexibility index (Phi) is 6.58. The molecule has 1 heterocycles. The molecule has 3 aromatic rings. The van der Waals surface area contributed by atoms with E-state index in [9.17, 15) is 18.3 Å². The number of anilines is 1. The fourth-order valence-corrected chi connectivity index (χ4v) is 5.68. The number of carbonyl (C=O) groups is 1. The third-order valence-electron chi connectivity index (χ3n) is 5.76. The topological polar surface area (TPSA) is 77.9 Å². The summed E-state index contributed by atoms with van der Waals surface area (Å²) in [5.41, 5.74) is 2.06. The van der Waals surface area contributed by atoms with Gasteiger partial charge in [-0.2, -0.15) is 4.31 Å². The first kappa shape index (κ1) is 22.0. The van der Waals surface area contributed by atoms with Gasteiger partial charge in [-0.25, -0.2) is 13.2 Å². The van der Waals surface area contributed by atoms with E-state index in [0.29, 0.717) is 18.8 Å². The molecule has 1 aliphatic rings. The van der Waals surface area contributed by atoms with Crippen LogP contribution in [0.15, 0.2) is 89.8 Å². The van der Waals surface area contributed by atoms with Crippen molar-refractivity contribution in [1.82, 2.24) is 4.31 Å². The van der Waals surface area contributed by atoms with E-state index in [1.165, 1.54) is 21.3 Å². The average Bonchev–Trinajstić information content (AvgIpc) is 2.84. The summed E-state index contributed by atoms with van der Waals surface area (Å²) in [5.74, 6) is 0. The molecule has 3 aromatic carbocycles. The zero-order chi connectivity index (χ0) is 22.6. The van der Waals surface area contributed by atoms with Crippen LogP contribution in [-0.2, 0) is 10.0 Å². The van der Waals surface area contributed by atoms with Crippen LogP contribution in [0.2, 0.25) is 0 Å². The van der Waals surface area contributed by atoms with Crippen LogP contribution in [0.5, 0.6) is 0 Å². The Morgan fingerprint density at radius 3 is 1.75 bits per heavy atom. The van der Waals surface area contributed by atoms with Crippen molar-refractivity contribution >= 4 is 21.8 Å². The van der Waals surface area contributed by atoms with Gasteiger partial charge in [-0.3, -0.25) is 4.90 Å². The number of hydrogen-bond donors (Lipinski definition) is 1. The van der Waals surface area contributed by atoms with Gasteiger partial charge in [-0.05, 0) is 48.2 Å². The number of hydrogen-bond acceptors (Lipinski definition) is 3. The maximum atomic E-state index is 13.0. The summed E-state index contributed by atoms with van der Waals surface area (Å²) < 4.78 is 27.5. The number of sulfonamides is 1. The fraction of sp³-hybridized carbons (Fsp3) is 0.240. The van der Waals surface area contributed by atoms with Crippen molar-refractivity contribution in [2.45, 2.75) is 30.2 Å². The Morgan fingerprint density at radius 2 is 1.28 bits per heavy atom. The lowest BCUT2D eigenvalue weighted by Crippen LogP contribution is -2.36. The van der Waals surface area contributed by atoms with Crippen LogP contribution in [0.25, 0.3) is 0 Å². The normalized spacial score (nSPS) is 14.9. The largest absolute Gasteiger partial charge is 0.465 e. The highest BCUT2D eigenvalue weighted by Gasteiger charge is 2.30. The van der Waals surface area contributed by atoms with Gasteiger partial charge in [0.25, 0.3) is 0 Å². The van der Waals surface area contributed by atoms with E-state index in [4.69, 9.17) is 0 Å². The van der Waals surface area contributed by atoms with Gasteiger partial charge in [0.05, 0.1) is 10.9 Å². The molecule has 1 aliphatic heterocycles. The molecule has 1 fully saturated rings. The Morgan fingerprint density at radius 1 is 0.781 bits per heavy atom. The number of rotatable bonds is 6. The van der Waals surface area contributed by atoms with Crippen molar-refractivity contribution < 1.29 is 18.3 Å². The van der Waals surface area contributed by atoms with Crippen molar-refractivity contribution in [3.05, 3.63) is 96.1 Å². The van der Waals surface area contributed by atoms with Gasteiger partial charge in [0.2, 0.25) is 10.0 Å². The van der Waals surface area contributed by atoms with E-state index in [2.05, 4.69) is 0 Å². The van der Waals surface area contributed by atoms with Gasteiger partial charge in [-0.1, -0.05) is 67.1 Å². The van der Waals surface area contributed by atoms with Crippen LogP contribution in [-0.4, -0.2) is 37.0 Å². The molecule has 166 valence electrons. The van der Waals surface area contributed by atoms with Crippen LogP contribution in [0.4, 0.5) is 10.5 Å². The lowest BCUT2D eigenvalue weighted by molar-refractivity contribution is 0.200. The first-order valence-corrected chi connectivity index (χ1v) is 12.1. The van der Waals surface area contributed by atoms with Crippen LogP contribution < -0.4 is 4.90 Å². The number of amides is 1. The summed E-state index contributed by atoms with van der Waals surface area (Å²) in [4.78, 5) is 13.9. The van der Waals surface area contributed by atoms with Crippen LogP contribution >= 0.6 is 0 Å². The minimum Gasteiger partial charge on any atom is -0.465 e. The SMILES string of the molecule is O=C(O)N(c1ccc(S(=O)(=O)N2CCCCC2)cc1)C(c1ccccc1)c1ccccc1. The number of piperidine rings is 1. The second kappa shape index (κ2) is 9.54. The number of nitrogens with zero attached hydrogens (tertiary/aromatic N) is 2. The molecule has 0 saturated carbocycles. The highest BCUT2D eigenvalue weighted by atomic mass is 32.2. The highest BCUT2D eigenvalue weighted by molar-refractivity contribution is 7.89. The second-order valence-corrected chi connectivity index (χ2v) is 9.77. The molecule has 1 saturated heterocycles. The minimum absolute atomic E-state index is 0.185. The zero-order valence-corrected chi connectivity index (χ0v) is 18.5. The van der Waals surface area contributed by atoms with Gasteiger partial charge in [0, 0.05) is 18.8 Å².